The standard InChI is InChI=1S/C12H18F2N2/c1-12(2,3)11(16-15)6-8-4-9(13)7-10(14)5-8/h4-5,7,11,16H,6,15H2,1-3H3. The summed E-state index contributed by atoms with van der Waals surface area (Å²) in [4.78, 5) is 0. The van der Waals surface area contributed by atoms with Gasteiger partial charge in [-0.05, 0) is 29.5 Å². The number of benzene rings is 1. The highest BCUT2D eigenvalue weighted by Gasteiger charge is 2.23. The van der Waals surface area contributed by atoms with Crippen molar-refractivity contribution in [2.24, 2.45) is 11.3 Å². The summed E-state index contributed by atoms with van der Waals surface area (Å²) in [6, 6.07) is 3.50. The molecule has 0 heterocycles. The minimum absolute atomic E-state index is 0.0336. The van der Waals surface area contributed by atoms with Crippen molar-refractivity contribution in [3.05, 3.63) is 35.4 Å². The molecule has 0 aliphatic rings. The van der Waals surface area contributed by atoms with Crippen molar-refractivity contribution in [2.75, 3.05) is 0 Å². The summed E-state index contributed by atoms with van der Waals surface area (Å²) in [7, 11) is 0. The number of nitrogens with one attached hydrogen (secondary N) is 1. The molecule has 1 aromatic rings. The average Bonchev–Trinajstić information content (AvgIpc) is 2.10. The van der Waals surface area contributed by atoms with Crippen LogP contribution in [0.3, 0.4) is 0 Å². The van der Waals surface area contributed by atoms with Gasteiger partial charge in [-0.25, -0.2) is 8.78 Å². The van der Waals surface area contributed by atoms with Crippen molar-refractivity contribution in [2.45, 2.75) is 33.2 Å². The first kappa shape index (κ1) is 13.1. The highest BCUT2D eigenvalue weighted by molar-refractivity contribution is 5.19. The zero-order valence-electron chi connectivity index (χ0n) is 9.85. The molecule has 4 heteroatoms. The number of hydrazine groups is 1. The van der Waals surface area contributed by atoms with E-state index in [1.807, 2.05) is 20.8 Å². The van der Waals surface area contributed by atoms with E-state index in [0.29, 0.717) is 12.0 Å². The number of hydrogen-bond acceptors (Lipinski definition) is 2. The number of nitrogens with two attached hydrogens (primary N) is 1. The summed E-state index contributed by atoms with van der Waals surface area (Å²) in [6.07, 6.45) is 0.495. The third kappa shape index (κ3) is 3.54. The molecule has 0 fully saturated rings. The van der Waals surface area contributed by atoms with Crippen LogP contribution < -0.4 is 11.3 Å². The van der Waals surface area contributed by atoms with Crippen molar-refractivity contribution < 1.29 is 8.78 Å². The van der Waals surface area contributed by atoms with Crippen LogP contribution >= 0.6 is 0 Å². The molecule has 1 unspecified atom stereocenters. The van der Waals surface area contributed by atoms with E-state index in [-0.39, 0.29) is 11.5 Å². The highest BCUT2D eigenvalue weighted by Crippen LogP contribution is 2.22. The summed E-state index contributed by atoms with van der Waals surface area (Å²) in [6.45, 7) is 6.06. The normalized spacial score (nSPS) is 13.9. The molecule has 1 atom stereocenters. The van der Waals surface area contributed by atoms with Crippen LogP contribution in [0.25, 0.3) is 0 Å². The molecule has 90 valence electrons. The van der Waals surface area contributed by atoms with Crippen molar-refractivity contribution in [1.82, 2.24) is 5.43 Å². The van der Waals surface area contributed by atoms with Crippen LogP contribution in [-0.4, -0.2) is 6.04 Å². The van der Waals surface area contributed by atoms with E-state index in [2.05, 4.69) is 5.43 Å². The molecule has 0 saturated carbocycles. The molecule has 0 aliphatic carbocycles. The summed E-state index contributed by atoms with van der Waals surface area (Å²) in [5.41, 5.74) is 3.22. The van der Waals surface area contributed by atoms with Crippen LogP contribution in [0.1, 0.15) is 26.3 Å². The van der Waals surface area contributed by atoms with Crippen LogP contribution in [0, 0.1) is 17.0 Å². The smallest absolute Gasteiger partial charge is 0.126 e. The Balaban J connectivity index is 2.86. The van der Waals surface area contributed by atoms with Crippen LogP contribution in [0.15, 0.2) is 18.2 Å². The topological polar surface area (TPSA) is 38.0 Å². The van der Waals surface area contributed by atoms with Crippen molar-refractivity contribution >= 4 is 0 Å². The molecule has 0 bridgehead atoms. The van der Waals surface area contributed by atoms with Gasteiger partial charge in [0.25, 0.3) is 0 Å². The molecule has 3 N–H and O–H groups in total. The van der Waals surface area contributed by atoms with E-state index in [0.717, 1.165) is 6.07 Å². The third-order valence-electron chi connectivity index (χ3n) is 2.61. The maximum Gasteiger partial charge on any atom is 0.126 e. The Morgan fingerprint density at radius 3 is 2.06 bits per heavy atom. The third-order valence-corrected chi connectivity index (χ3v) is 2.61. The fraction of sp³-hybridized carbons (Fsp3) is 0.500. The van der Waals surface area contributed by atoms with Gasteiger partial charge in [-0.1, -0.05) is 20.8 Å². The highest BCUT2D eigenvalue weighted by atomic mass is 19.1. The van der Waals surface area contributed by atoms with Crippen LogP contribution in [-0.2, 0) is 6.42 Å². The molecule has 1 aromatic carbocycles. The van der Waals surface area contributed by atoms with Gasteiger partial charge in [0.2, 0.25) is 0 Å². The second-order valence-electron chi connectivity index (χ2n) is 5.07. The SMILES string of the molecule is CC(C)(C)C(Cc1cc(F)cc(F)c1)NN. The molecule has 0 saturated heterocycles. The Labute approximate surface area is 94.8 Å². The molecule has 0 amide bonds. The zero-order chi connectivity index (χ0) is 12.3. The van der Waals surface area contributed by atoms with E-state index >= 15 is 0 Å². The van der Waals surface area contributed by atoms with Crippen molar-refractivity contribution in [3.8, 4) is 0 Å². The molecular weight excluding hydrogens is 210 g/mol. The van der Waals surface area contributed by atoms with Crippen LogP contribution in [0.4, 0.5) is 8.78 Å². The molecular formula is C12H18F2N2. The number of halogens is 2. The molecule has 0 radical (unpaired) electrons. The van der Waals surface area contributed by atoms with E-state index in [9.17, 15) is 8.78 Å². The van der Waals surface area contributed by atoms with Crippen LogP contribution in [0.5, 0.6) is 0 Å². The lowest BCUT2D eigenvalue weighted by molar-refractivity contribution is 0.268. The summed E-state index contributed by atoms with van der Waals surface area (Å²) >= 11 is 0. The fourth-order valence-corrected chi connectivity index (χ4v) is 1.58. The Hall–Kier alpha value is -1.00. The largest absolute Gasteiger partial charge is 0.271 e. The monoisotopic (exact) mass is 228 g/mol. The quantitative estimate of drug-likeness (QED) is 0.615. The van der Waals surface area contributed by atoms with Gasteiger partial charge in [-0.3, -0.25) is 11.3 Å². The van der Waals surface area contributed by atoms with E-state index in [4.69, 9.17) is 5.84 Å². The van der Waals surface area contributed by atoms with Gasteiger partial charge in [-0.2, -0.15) is 0 Å². The lowest BCUT2D eigenvalue weighted by Gasteiger charge is -2.30. The van der Waals surface area contributed by atoms with Crippen molar-refractivity contribution in [3.63, 3.8) is 0 Å². The average molecular weight is 228 g/mol. The molecule has 0 aliphatic heterocycles. The minimum Gasteiger partial charge on any atom is -0.271 e. The second kappa shape index (κ2) is 4.89. The van der Waals surface area contributed by atoms with Gasteiger partial charge < -0.3 is 0 Å². The maximum absolute atomic E-state index is 13.0. The lowest BCUT2D eigenvalue weighted by Crippen LogP contribution is -2.45. The van der Waals surface area contributed by atoms with Gasteiger partial charge >= 0.3 is 0 Å². The summed E-state index contributed by atoms with van der Waals surface area (Å²) in [5.74, 6) is 4.33. The van der Waals surface area contributed by atoms with Gasteiger partial charge in [-0.15, -0.1) is 0 Å². The van der Waals surface area contributed by atoms with E-state index in [1.165, 1.54) is 12.1 Å². The molecule has 2 nitrogen and oxygen atoms in total. The predicted octanol–water partition coefficient (Wildman–Crippen LogP) is 2.39. The summed E-state index contributed by atoms with van der Waals surface area (Å²) in [5, 5.41) is 0. The van der Waals surface area contributed by atoms with Gasteiger partial charge in [0.15, 0.2) is 0 Å². The minimum atomic E-state index is -0.556. The molecule has 0 spiro atoms. The van der Waals surface area contributed by atoms with Gasteiger partial charge in [0.05, 0.1) is 0 Å². The van der Waals surface area contributed by atoms with E-state index < -0.39 is 11.6 Å². The first-order valence-corrected chi connectivity index (χ1v) is 5.24. The van der Waals surface area contributed by atoms with Crippen molar-refractivity contribution in [1.29, 1.82) is 0 Å². The molecule has 16 heavy (non-hydrogen) atoms. The maximum atomic E-state index is 13.0. The fourth-order valence-electron chi connectivity index (χ4n) is 1.58. The number of hydrogen-bond donors (Lipinski definition) is 2. The lowest BCUT2D eigenvalue weighted by atomic mass is 9.83. The first-order chi connectivity index (χ1) is 7.32. The first-order valence-electron chi connectivity index (χ1n) is 5.24. The second-order valence-corrected chi connectivity index (χ2v) is 5.07. The van der Waals surface area contributed by atoms with Crippen LogP contribution in [0.2, 0.25) is 0 Å². The summed E-state index contributed by atoms with van der Waals surface area (Å²) < 4.78 is 26.0. The van der Waals surface area contributed by atoms with E-state index in [1.54, 1.807) is 0 Å². The Morgan fingerprint density at radius 2 is 1.69 bits per heavy atom. The molecule has 0 aromatic heterocycles. The number of rotatable bonds is 3. The predicted molar refractivity (Wildman–Crippen MR) is 60.6 cm³/mol. The Bertz CT molecular complexity index is 338. The zero-order valence-corrected chi connectivity index (χ0v) is 9.85. The Morgan fingerprint density at radius 1 is 1.19 bits per heavy atom. The molecule has 1 rings (SSSR count). The Kier molecular flexibility index (Phi) is 3.99. The van der Waals surface area contributed by atoms with Gasteiger partial charge in [0.1, 0.15) is 11.6 Å². The van der Waals surface area contributed by atoms with Gasteiger partial charge in [0, 0.05) is 12.1 Å².